The van der Waals surface area contributed by atoms with Crippen LogP contribution in [0.15, 0.2) is 48.5 Å². The molecule has 1 fully saturated rings. The molecule has 0 saturated carbocycles. The Labute approximate surface area is 171 Å². The van der Waals surface area contributed by atoms with Crippen molar-refractivity contribution in [1.82, 2.24) is 10.2 Å². The van der Waals surface area contributed by atoms with Crippen LogP contribution in [0.5, 0.6) is 5.75 Å². The third-order valence-electron chi connectivity index (χ3n) is 5.11. The highest BCUT2D eigenvalue weighted by atomic mass is 35.5. The van der Waals surface area contributed by atoms with Crippen molar-refractivity contribution in [1.29, 1.82) is 0 Å². The van der Waals surface area contributed by atoms with E-state index >= 15 is 0 Å². The zero-order chi connectivity index (χ0) is 19.2. The molecule has 0 spiro atoms. The average Bonchev–Trinajstić information content (AvgIpc) is 3.16. The number of nitrogens with zero attached hydrogens (tertiary/aromatic N) is 1. The molecule has 1 aliphatic heterocycles. The van der Waals surface area contributed by atoms with Gasteiger partial charge in [-0.15, -0.1) is 0 Å². The van der Waals surface area contributed by atoms with Gasteiger partial charge in [0.15, 0.2) is 5.11 Å². The first-order valence-electron chi connectivity index (χ1n) is 9.24. The van der Waals surface area contributed by atoms with E-state index in [1.165, 1.54) is 12.0 Å². The zero-order valence-corrected chi connectivity index (χ0v) is 17.3. The lowest BCUT2D eigenvalue weighted by molar-refractivity contribution is 0.253. The average molecular weight is 404 g/mol. The van der Waals surface area contributed by atoms with Crippen LogP contribution < -0.4 is 15.4 Å². The summed E-state index contributed by atoms with van der Waals surface area (Å²) in [7, 11) is 1.60. The van der Waals surface area contributed by atoms with E-state index in [1.807, 2.05) is 18.2 Å². The van der Waals surface area contributed by atoms with Crippen molar-refractivity contribution in [3.8, 4) is 5.75 Å². The van der Waals surface area contributed by atoms with Crippen LogP contribution in [0.1, 0.15) is 24.9 Å². The largest absolute Gasteiger partial charge is 0.495 e. The summed E-state index contributed by atoms with van der Waals surface area (Å²) in [5.74, 6) is 1.25. The number of ether oxygens (including phenoxy) is 1. The van der Waals surface area contributed by atoms with Crippen molar-refractivity contribution in [2.75, 3.05) is 32.1 Å². The summed E-state index contributed by atoms with van der Waals surface area (Å²) in [6.45, 7) is 5.36. The van der Waals surface area contributed by atoms with E-state index in [-0.39, 0.29) is 0 Å². The van der Waals surface area contributed by atoms with E-state index in [2.05, 4.69) is 52.8 Å². The number of rotatable bonds is 6. The van der Waals surface area contributed by atoms with Crippen LogP contribution in [0.2, 0.25) is 5.02 Å². The number of methoxy groups -OCH3 is 1. The Morgan fingerprint density at radius 3 is 2.78 bits per heavy atom. The lowest BCUT2D eigenvalue weighted by Crippen LogP contribution is -2.34. The SMILES string of the molecule is COc1ccc(NC(=S)NC[C@H]2CCN([C@H](C)c3ccccc3)C2)cc1Cl. The minimum absolute atomic E-state index is 0.447. The second kappa shape index (κ2) is 9.40. The highest BCUT2D eigenvalue weighted by Gasteiger charge is 2.26. The van der Waals surface area contributed by atoms with Crippen molar-refractivity contribution in [2.45, 2.75) is 19.4 Å². The molecule has 0 aromatic heterocycles. The number of thiocarbonyl (C=S) groups is 1. The number of benzene rings is 2. The van der Waals surface area contributed by atoms with Crippen LogP contribution in [-0.4, -0.2) is 36.8 Å². The maximum atomic E-state index is 6.16. The number of halogens is 1. The number of hydrogen-bond donors (Lipinski definition) is 2. The highest BCUT2D eigenvalue weighted by Crippen LogP contribution is 2.28. The third kappa shape index (κ3) is 5.34. The third-order valence-corrected chi connectivity index (χ3v) is 5.65. The number of nitrogens with one attached hydrogen (secondary N) is 2. The van der Waals surface area contributed by atoms with Gasteiger partial charge in [-0.1, -0.05) is 41.9 Å². The second-order valence-corrected chi connectivity index (χ2v) is 7.74. The van der Waals surface area contributed by atoms with Crippen LogP contribution in [0, 0.1) is 5.92 Å². The molecular weight excluding hydrogens is 378 g/mol. The Morgan fingerprint density at radius 2 is 2.07 bits per heavy atom. The van der Waals surface area contributed by atoms with Gasteiger partial charge in [-0.25, -0.2) is 0 Å². The number of anilines is 1. The molecule has 2 aromatic carbocycles. The summed E-state index contributed by atoms with van der Waals surface area (Å²) < 4.78 is 5.17. The Balaban J connectivity index is 1.45. The Hall–Kier alpha value is -1.82. The van der Waals surface area contributed by atoms with Gasteiger partial charge >= 0.3 is 0 Å². The summed E-state index contributed by atoms with van der Waals surface area (Å²) in [6.07, 6.45) is 1.18. The van der Waals surface area contributed by atoms with Crippen molar-refractivity contribution >= 4 is 34.6 Å². The standard InChI is InChI=1S/C21H26ClN3OS/c1-15(17-6-4-3-5-7-17)25-11-10-16(14-25)13-23-21(27)24-18-8-9-20(26-2)19(22)12-18/h3-9,12,15-16H,10-11,13-14H2,1-2H3,(H2,23,24,27)/t15-,16-/m1/s1. The molecule has 2 atom stereocenters. The molecular formula is C21H26ClN3OS. The fourth-order valence-corrected chi connectivity index (χ4v) is 3.94. The van der Waals surface area contributed by atoms with Crippen LogP contribution in [-0.2, 0) is 0 Å². The topological polar surface area (TPSA) is 36.5 Å². The molecule has 2 aromatic rings. The Kier molecular flexibility index (Phi) is 6.94. The quantitative estimate of drug-likeness (QED) is 0.682. The smallest absolute Gasteiger partial charge is 0.170 e. The van der Waals surface area contributed by atoms with Gasteiger partial charge in [0.05, 0.1) is 12.1 Å². The van der Waals surface area contributed by atoms with E-state index in [4.69, 9.17) is 28.6 Å². The lowest BCUT2D eigenvalue weighted by Gasteiger charge is -2.25. The molecule has 0 radical (unpaired) electrons. The van der Waals surface area contributed by atoms with E-state index in [9.17, 15) is 0 Å². The predicted octanol–water partition coefficient (Wildman–Crippen LogP) is 4.72. The van der Waals surface area contributed by atoms with Gasteiger partial charge < -0.3 is 15.4 Å². The van der Waals surface area contributed by atoms with E-state index in [1.54, 1.807) is 7.11 Å². The Morgan fingerprint density at radius 1 is 1.30 bits per heavy atom. The fraction of sp³-hybridized carbons (Fsp3) is 0.381. The summed E-state index contributed by atoms with van der Waals surface area (Å²) in [6, 6.07) is 16.7. The van der Waals surface area contributed by atoms with Gasteiger partial charge in [-0.3, -0.25) is 4.90 Å². The molecule has 3 rings (SSSR count). The van der Waals surface area contributed by atoms with Gasteiger partial charge in [0.25, 0.3) is 0 Å². The first kappa shape index (κ1) is 19.9. The first-order valence-corrected chi connectivity index (χ1v) is 10.0. The molecule has 1 saturated heterocycles. The molecule has 27 heavy (non-hydrogen) atoms. The molecule has 0 bridgehead atoms. The molecule has 4 nitrogen and oxygen atoms in total. The molecule has 2 N–H and O–H groups in total. The number of hydrogen-bond acceptors (Lipinski definition) is 3. The van der Waals surface area contributed by atoms with Gasteiger partial charge in [0.2, 0.25) is 0 Å². The summed E-state index contributed by atoms with van der Waals surface area (Å²) in [5.41, 5.74) is 2.23. The van der Waals surface area contributed by atoms with E-state index in [0.717, 1.165) is 25.3 Å². The fourth-order valence-electron chi connectivity index (χ4n) is 3.48. The van der Waals surface area contributed by atoms with Crippen LogP contribution in [0.25, 0.3) is 0 Å². The van der Waals surface area contributed by atoms with Gasteiger partial charge in [-0.2, -0.15) is 0 Å². The second-order valence-electron chi connectivity index (χ2n) is 6.92. The molecule has 144 valence electrons. The highest BCUT2D eigenvalue weighted by molar-refractivity contribution is 7.80. The van der Waals surface area contributed by atoms with Crippen molar-refractivity contribution in [2.24, 2.45) is 5.92 Å². The summed E-state index contributed by atoms with van der Waals surface area (Å²) >= 11 is 11.6. The van der Waals surface area contributed by atoms with Crippen LogP contribution in [0.3, 0.4) is 0 Å². The van der Waals surface area contributed by atoms with Gasteiger partial charge in [0, 0.05) is 24.8 Å². The minimum atomic E-state index is 0.447. The van der Waals surface area contributed by atoms with E-state index in [0.29, 0.717) is 27.8 Å². The molecule has 1 heterocycles. The summed E-state index contributed by atoms with van der Waals surface area (Å²) in [4.78, 5) is 2.54. The summed E-state index contributed by atoms with van der Waals surface area (Å²) in [5, 5.41) is 7.70. The maximum absolute atomic E-state index is 6.16. The Bertz CT molecular complexity index is 771. The van der Waals surface area contributed by atoms with Crippen molar-refractivity contribution in [3.63, 3.8) is 0 Å². The first-order chi connectivity index (χ1) is 13.1. The molecule has 1 aliphatic rings. The van der Waals surface area contributed by atoms with Gasteiger partial charge in [-0.05, 0) is 61.8 Å². The molecule has 6 heteroatoms. The van der Waals surface area contributed by atoms with Crippen molar-refractivity contribution in [3.05, 3.63) is 59.1 Å². The predicted molar refractivity (Wildman–Crippen MR) is 117 cm³/mol. The maximum Gasteiger partial charge on any atom is 0.170 e. The van der Waals surface area contributed by atoms with Gasteiger partial charge in [0.1, 0.15) is 5.75 Å². The van der Waals surface area contributed by atoms with Crippen LogP contribution >= 0.6 is 23.8 Å². The zero-order valence-electron chi connectivity index (χ0n) is 15.7. The van der Waals surface area contributed by atoms with Crippen molar-refractivity contribution < 1.29 is 4.74 Å². The normalized spacial score (nSPS) is 18.1. The van der Waals surface area contributed by atoms with E-state index < -0.39 is 0 Å². The lowest BCUT2D eigenvalue weighted by atomic mass is 10.1. The monoisotopic (exact) mass is 403 g/mol. The minimum Gasteiger partial charge on any atom is -0.495 e. The van der Waals surface area contributed by atoms with Crippen LogP contribution in [0.4, 0.5) is 5.69 Å². The molecule has 0 unspecified atom stereocenters. The molecule has 0 aliphatic carbocycles. The molecule has 0 amide bonds. The number of likely N-dealkylation sites (tertiary alicyclic amines) is 1.